The molecular weight excluding hydrogens is 483 g/mol. The maximum Gasteiger partial charge on any atom is 0.416 e. The first-order valence-electron chi connectivity index (χ1n) is 11.5. The van der Waals surface area contributed by atoms with Crippen molar-refractivity contribution in [3.63, 3.8) is 0 Å². The number of ether oxygens (including phenoxy) is 1. The van der Waals surface area contributed by atoms with Crippen LogP contribution in [0.5, 0.6) is 5.75 Å². The van der Waals surface area contributed by atoms with Crippen LogP contribution in [0.3, 0.4) is 0 Å². The van der Waals surface area contributed by atoms with E-state index in [9.17, 15) is 26.4 Å². The molecule has 2 aliphatic rings. The molecule has 0 aromatic heterocycles. The summed E-state index contributed by atoms with van der Waals surface area (Å²) in [7, 11) is -2.43. The van der Waals surface area contributed by atoms with Crippen molar-refractivity contribution in [3.05, 3.63) is 53.6 Å². The van der Waals surface area contributed by atoms with Crippen LogP contribution in [0.25, 0.3) is 0 Å². The fraction of sp³-hybridized carbons (Fsp3) is 0.458. The maximum absolute atomic E-state index is 13.3. The molecule has 0 aliphatic carbocycles. The van der Waals surface area contributed by atoms with Crippen LogP contribution in [0, 0.1) is 0 Å². The Morgan fingerprint density at radius 3 is 2.23 bits per heavy atom. The van der Waals surface area contributed by atoms with Gasteiger partial charge in [-0.2, -0.15) is 17.5 Å². The van der Waals surface area contributed by atoms with Gasteiger partial charge in [-0.1, -0.05) is 12.5 Å². The van der Waals surface area contributed by atoms with Gasteiger partial charge in [0.15, 0.2) is 0 Å². The van der Waals surface area contributed by atoms with Gasteiger partial charge < -0.3 is 14.5 Å². The molecule has 0 bridgehead atoms. The number of benzene rings is 2. The summed E-state index contributed by atoms with van der Waals surface area (Å²) in [4.78, 5) is 16.6. The highest BCUT2D eigenvalue weighted by atomic mass is 32.2. The summed E-state index contributed by atoms with van der Waals surface area (Å²) in [5.74, 6) is -0.145. The Hall–Kier alpha value is -2.79. The Bertz CT molecular complexity index is 1170. The zero-order chi connectivity index (χ0) is 25.2. The van der Waals surface area contributed by atoms with Gasteiger partial charge in [-0.05, 0) is 49.2 Å². The molecule has 2 aliphatic heterocycles. The van der Waals surface area contributed by atoms with Gasteiger partial charge in [0.25, 0.3) is 5.91 Å². The minimum Gasteiger partial charge on any atom is -0.495 e. The molecule has 0 saturated carbocycles. The number of hydrogen-bond acceptors (Lipinski definition) is 5. The Morgan fingerprint density at radius 1 is 0.914 bits per heavy atom. The fourth-order valence-corrected chi connectivity index (χ4v) is 6.18. The Balaban J connectivity index is 1.49. The van der Waals surface area contributed by atoms with Gasteiger partial charge in [0.05, 0.1) is 12.7 Å². The van der Waals surface area contributed by atoms with Crippen molar-refractivity contribution in [1.82, 2.24) is 9.21 Å². The molecule has 2 fully saturated rings. The predicted octanol–water partition coefficient (Wildman–Crippen LogP) is 3.85. The van der Waals surface area contributed by atoms with Gasteiger partial charge >= 0.3 is 6.18 Å². The number of sulfonamides is 1. The Kier molecular flexibility index (Phi) is 7.27. The second kappa shape index (κ2) is 10.1. The molecule has 0 N–H and O–H groups in total. The molecule has 2 aromatic carbocycles. The zero-order valence-electron chi connectivity index (χ0n) is 19.4. The van der Waals surface area contributed by atoms with Crippen molar-refractivity contribution in [1.29, 1.82) is 0 Å². The molecule has 0 unspecified atom stereocenters. The molecule has 0 spiro atoms. The number of nitrogens with zero attached hydrogens (tertiary/aromatic N) is 3. The lowest BCUT2D eigenvalue weighted by Gasteiger charge is -2.36. The minimum atomic E-state index is -4.42. The lowest BCUT2D eigenvalue weighted by atomic mass is 10.1. The van der Waals surface area contributed by atoms with Crippen molar-refractivity contribution in [2.24, 2.45) is 0 Å². The smallest absolute Gasteiger partial charge is 0.416 e. The number of hydrogen-bond donors (Lipinski definition) is 0. The van der Waals surface area contributed by atoms with Crippen LogP contribution in [0.1, 0.15) is 35.2 Å². The van der Waals surface area contributed by atoms with E-state index in [0.29, 0.717) is 45.0 Å². The van der Waals surface area contributed by atoms with Gasteiger partial charge in [0.1, 0.15) is 10.6 Å². The second-order valence-corrected chi connectivity index (χ2v) is 10.6. The number of piperazine rings is 1. The number of piperidine rings is 1. The average Bonchev–Trinajstić information content (AvgIpc) is 2.88. The summed E-state index contributed by atoms with van der Waals surface area (Å²) >= 11 is 0. The number of carbonyl (C=O) groups is 1. The highest BCUT2D eigenvalue weighted by Crippen LogP contribution is 2.33. The maximum atomic E-state index is 13.3. The van der Waals surface area contributed by atoms with E-state index in [2.05, 4.69) is 0 Å². The lowest BCUT2D eigenvalue weighted by Crippen LogP contribution is -2.48. The SMILES string of the molecule is COc1ccc(C(=O)N2CCN(c3cccc(C(F)(F)F)c3)CC2)cc1S(=O)(=O)N1CCCCC1. The fourth-order valence-electron chi connectivity index (χ4n) is 4.48. The Morgan fingerprint density at radius 2 is 1.60 bits per heavy atom. The van der Waals surface area contributed by atoms with E-state index in [-0.39, 0.29) is 22.1 Å². The first-order valence-corrected chi connectivity index (χ1v) is 12.9. The zero-order valence-corrected chi connectivity index (χ0v) is 20.2. The summed E-state index contributed by atoms with van der Waals surface area (Å²) in [6.07, 6.45) is -1.87. The van der Waals surface area contributed by atoms with E-state index in [0.717, 1.165) is 31.4 Å². The highest BCUT2D eigenvalue weighted by molar-refractivity contribution is 7.89. The van der Waals surface area contributed by atoms with E-state index < -0.39 is 21.8 Å². The van der Waals surface area contributed by atoms with Crippen molar-refractivity contribution >= 4 is 21.6 Å². The first-order chi connectivity index (χ1) is 16.6. The molecule has 2 aromatic rings. The number of methoxy groups -OCH3 is 1. The van der Waals surface area contributed by atoms with E-state index in [1.807, 2.05) is 0 Å². The van der Waals surface area contributed by atoms with E-state index in [1.165, 1.54) is 35.7 Å². The first kappa shape index (κ1) is 25.3. The van der Waals surface area contributed by atoms with E-state index >= 15 is 0 Å². The van der Waals surface area contributed by atoms with Gasteiger partial charge in [-0.15, -0.1) is 0 Å². The van der Waals surface area contributed by atoms with Crippen LogP contribution in [-0.4, -0.2) is 69.9 Å². The number of halogens is 3. The number of rotatable bonds is 5. The topological polar surface area (TPSA) is 70.2 Å². The highest BCUT2D eigenvalue weighted by Gasteiger charge is 2.32. The molecule has 7 nitrogen and oxygen atoms in total. The molecule has 190 valence electrons. The van der Waals surface area contributed by atoms with Crippen LogP contribution in [0.15, 0.2) is 47.4 Å². The third-order valence-corrected chi connectivity index (χ3v) is 8.37. The third kappa shape index (κ3) is 5.40. The molecule has 35 heavy (non-hydrogen) atoms. The predicted molar refractivity (Wildman–Crippen MR) is 125 cm³/mol. The molecule has 11 heteroatoms. The van der Waals surface area contributed by atoms with Gasteiger partial charge in [-0.3, -0.25) is 4.79 Å². The van der Waals surface area contributed by atoms with Crippen LogP contribution < -0.4 is 9.64 Å². The molecule has 0 atom stereocenters. The van der Waals surface area contributed by atoms with Crippen LogP contribution in [0.4, 0.5) is 18.9 Å². The van der Waals surface area contributed by atoms with Crippen LogP contribution in [-0.2, 0) is 16.2 Å². The molecule has 4 rings (SSSR count). The van der Waals surface area contributed by atoms with Gasteiger partial charge in [0.2, 0.25) is 10.0 Å². The summed E-state index contributed by atoms with van der Waals surface area (Å²) in [6.45, 7) is 2.19. The Labute approximate surface area is 203 Å². The number of anilines is 1. The van der Waals surface area contributed by atoms with Crippen LogP contribution in [0.2, 0.25) is 0 Å². The molecular formula is C24H28F3N3O4S. The number of amides is 1. The van der Waals surface area contributed by atoms with Crippen LogP contribution >= 0.6 is 0 Å². The summed E-state index contributed by atoms with van der Waals surface area (Å²) in [5, 5.41) is 0. The van der Waals surface area contributed by atoms with Crippen molar-refractivity contribution in [3.8, 4) is 5.75 Å². The quantitative estimate of drug-likeness (QED) is 0.610. The minimum absolute atomic E-state index is 0.0321. The van der Waals surface area contributed by atoms with Crippen molar-refractivity contribution < 1.29 is 31.1 Å². The van der Waals surface area contributed by atoms with Crippen molar-refractivity contribution in [2.75, 3.05) is 51.3 Å². The van der Waals surface area contributed by atoms with Gasteiger partial charge in [0, 0.05) is 50.5 Å². The average molecular weight is 512 g/mol. The monoisotopic (exact) mass is 511 g/mol. The normalized spacial score (nSPS) is 17.9. The molecule has 2 heterocycles. The molecule has 1 amide bonds. The molecule has 2 saturated heterocycles. The third-order valence-electron chi connectivity index (χ3n) is 6.45. The number of alkyl halides is 3. The summed E-state index contributed by atoms with van der Waals surface area (Å²) in [6, 6.07) is 9.52. The van der Waals surface area contributed by atoms with Crippen molar-refractivity contribution in [2.45, 2.75) is 30.3 Å². The van der Waals surface area contributed by atoms with E-state index in [4.69, 9.17) is 4.74 Å². The largest absolute Gasteiger partial charge is 0.495 e. The van der Waals surface area contributed by atoms with E-state index in [1.54, 1.807) is 15.9 Å². The standard InChI is InChI=1S/C24H28F3N3O4S/c1-34-21-9-8-18(16-22(21)35(32,33)30-10-3-2-4-11-30)23(31)29-14-12-28(13-15-29)20-7-5-6-19(17-20)24(25,26)27/h5-9,16-17H,2-4,10-15H2,1H3. The number of carbonyl (C=O) groups excluding carboxylic acids is 1. The molecule has 0 radical (unpaired) electrons. The lowest BCUT2D eigenvalue weighted by molar-refractivity contribution is -0.137. The van der Waals surface area contributed by atoms with Gasteiger partial charge in [-0.25, -0.2) is 8.42 Å². The summed E-state index contributed by atoms with van der Waals surface area (Å²) < 4.78 is 72.4. The summed E-state index contributed by atoms with van der Waals surface area (Å²) in [5.41, 5.74) is -0.0330. The second-order valence-electron chi connectivity index (χ2n) is 8.66.